The van der Waals surface area contributed by atoms with Crippen molar-refractivity contribution in [3.05, 3.63) is 35.4 Å². The average Bonchev–Trinajstić information content (AvgIpc) is 2.46. The first-order chi connectivity index (χ1) is 9.90. The molecule has 0 spiro atoms. The summed E-state index contributed by atoms with van der Waals surface area (Å²) >= 11 is 0. The van der Waals surface area contributed by atoms with Gasteiger partial charge in [-0.25, -0.2) is 13.6 Å². The molecule has 2 atom stereocenters. The van der Waals surface area contributed by atoms with E-state index >= 15 is 0 Å². The lowest BCUT2D eigenvalue weighted by Crippen LogP contribution is -2.45. The number of carbonyl (C=O) groups is 2. The lowest BCUT2D eigenvalue weighted by atomic mass is 9.98. The van der Waals surface area contributed by atoms with Crippen LogP contribution in [0.15, 0.2) is 18.2 Å². The van der Waals surface area contributed by atoms with Crippen molar-refractivity contribution >= 4 is 11.9 Å². The molecule has 0 aliphatic carbocycles. The van der Waals surface area contributed by atoms with Gasteiger partial charge in [0.1, 0.15) is 6.04 Å². The maximum Gasteiger partial charge on any atom is 0.328 e. The second-order valence-electron chi connectivity index (χ2n) is 4.44. The molecular weight excluding hydrogens is 282 g/mol. The summed E-state index contributed by atoms with van der Waals surface area (Å²) in [6, 6.07) is 3.48. The normalized spacial score (nSPS) is 12.9. The van der Waals surface area contributed by atoms with Crippen LogP contribution in [-0.2, 0) is 9.53 Å². The van der Waals surface area contributed by atoms with E-state index in [4.69, 9.17) is 5.26 Å². The Morgan fingerprint density at radius 1 is 1.38 bits per heavy atom. The van der Waals surface area contributed by atoms with Gasteiger partial charge in [-0.1, -0.05) is 6.92 Å². The second-order valence-corrected chi connectivity index (χ2v) is 4.44. The van der Waals surface area contributed by atoms with E-state index in [0.717, 1.165) is 25.3 Å². The van der Waals surface area contributed by atoms with Crippen LogP contribution >= 0.6 is 0 Å². The number of hydrogen-bond acceptors (Lipinski definition) is 4. The second kappa shape index (κ2) is 7.33. The maximum absolute atomic E-state index is 13.1. The number of rotatable bonds is 5. The number of nitrogens with zero attached hydrogens (tertiary/aromatic N) is 1. The Bertz CT molecular complexity index is 584. The van der Waals surface area contributed by atoms with E-state index in [9.17, 15) is 18.4 Å². The Morgan fingerprint density at radius 2 is 2.05 bits per heavy atom. The van der Waals surface area contributed by atoms with Gasteiger partial charge in [0.05, 0.1) is 13.2 Å². The third-order valence-corrected chi connectivity index (χ3v) is 2.91. The fourth-order valence-electron chi connectivity index (χ4n) is 1.68. The molecule has 0 aliphatic rings. The van der Waals surface area contributed by atoms with Crippen molar-refractivity contribution in [2.24, 2.45) is 5.92 Å². The number of amides is 1. The molecule has 1 amide bonds. The third kappa shape index (κ3) is 4.24. The Labute approximate surface area is 120 Å². The third-order valence-electron chi connectivity index (χ3n) is 2.91. The minimum Gasteiger partial charge on any atom is -0.467 e. The van der Waals surface area contributed by atoms with Gasteiger partial charge in [0.25, 0.3) is 5.91 Å². The van der Waals surface area contributed by atoms with Gasteiger partial charge in [0.15, 0.2) is 11.6 Å². The van der Waals surface area contributed by atoms with Crippen molar-refractivity contribution in [2.45, 2.75) is 19.4 Å². The van der Waals surface area contributed by atoms with E-state index in [1.54, 1.807) is 6.92 Å². The van der Waals surface area contributed by atoms with Crippen LogP contribution in [0.3, 0.4) is 0 Å². The number of nitriles is 1. The van der Waals surface area contributed by atoms with Crippen molar-refractivity contribution in [1.82, 2.24) is 5.32 Å². The molecule has 0 saturated carbocycles. The first kappa shape index (κ1) is 16.6. The first-order valence-electron chi connectivity index (χ1n) is 6.11. The quantitative estimate of drug-likeness (QED) is 0.840. The number of carbonyl (C=O) groups excluding carboxylic acids is 2. The summed E-state index contributed by atoms with van der Waals surface area (Å²) in [5.74, 6) is -4.20. The number of hydrogen-bond donors (Lipinski definition) is 1. The van der Waals surface area contributed by atoms with Crippen LogP contribution in [0.2, 0.25) is 0 Å². The summed E-state index contributed by atoms with van der Waals surface area (Å²) < 4.78 is 30.5. The fourth-order valence-corrected chi connectivity index (χ4v) is 1.68. The molecule has 5 nitrogen and oxygen atoms in total. The van der Waals surface area contributed by atoms with Crippen LogP contribution in [0.1, 0.15) is 23.7 Å². The highest BCUT2D eigenvalue weighted by atomic mass is 19.2. The number of nitrogens with one attached hydrogen (secondary N) is 1. The minimum absolute atomic E-state index is 0.0256. The van der Waals surface area contributed by atoms with Crippen LogP contribution in [0.5, 0.6) is 0 Å². The van der Waals surface area contributed by atoms with Crippen molar-refractivity contribution in [3.63, 3.8) is 0 Å². The van der Waals surface area contributed by atoms with Gasteiger partial charge in [-0.05, 0) is 18.2 Å². The van der Waals surface area contributed by atoms with Crippen LogP contribution in [0, 0.1) is 28.9 Å². The molecule has 1 N–H and O–H groups in total. The van der Waals surface area contributed by atoms with Gasteiger partial charge in [0.2, 0.25) is 0 Å². The maximum atomic E-state index is 13.1. The molecule has 0 saturated heterocycles. The Hall–Kier alpha value is -2.49. The lowest BCUT2D eigenvalue weighted by Gasteiger charge is -2.21. The van der Waals surface area contributed by atoms with Crippen LogP contribution in [0.25, 0.3) is 0 Å². The summed E-state index contributed by atoms with van der Waals surface area (Å²) in [6.45, 7) is 1.59. The average molecular weight is 296 g/mol. The monoisotopic (exact) mass is 296 g/mol. The molecule has 21 heavy (non-hydrogen) atoms. The minimum atomic E-state index is -1.16. The predicted octanol–water partition coefficient (Wildman–Crippen LogP) is 1.79. The van der Waals surface area contributed by atoms with Crippen molar-refractivity contribution in [1.29, 1.82) is 5.26 Å². The highest BCUT2D eigenvalue weighted by Gasteiger charge is 2.28. The summed E-state index contributed by atoms with van der Waals surface area (Å²) in [4.78, 5) is 23.6. The molecule has 0 radical (unpaired) electrons. The molecule has 0 heterocycles. The lowest BCUT2D eigenvalue weighted by molar-refractivity contribution is -0.144. The standard InChI is InChI=1S/C14H14F2N2O3/c1-8(5-6-17)12(14(20)21-2)18-13(19)9-3-4-10(15)11(16)7-9/h3-4,7-8,12H,5H2,1-2H3,(H,18,19)/t8-,12+/m1/s1. The SMILES string of the molecule is COC(=O)[C@@H](NC(=O)c1ccc(F)c(F)c1)[C@H](C)CC#N. The predicted molar refractivity (Wildman–Crippen MR) is 69.0 cm³/mol. The van der Waals surface area contributed by atoms with Gasteiger partial charge in [-0.2, -0.15) is 5.26 Å². The van der Waals surface area contributed by atoms with E-state index in [-0.39, 0.29) is 12.0 Å². The largest absolute Gasteiger partial charge is 0.467 e. The van der Waals surface area contributed by atoms with Gasteiger partial charge >= 0.3 is 5.97 Å². The topological polar surface area (TPSA) is 79.2 Å². The zero-order chi connectivity index (χ0) is 16.0. The van der Waals surface area contributed by atoms with E-state index in [1.165, 1.54) is 0 Å². The van der Waals surface area contributed by atoms with Crippen LogP contribution in [-0.4, -0.2) is 25.0 Å². The summed E-state index contributed by atoms with van der Waals surface area (Å²) in [6.07, 6.45) is 0.0256. The number of methoxy groups -OCH3 is 1. The number of esters is 1. The first-order valence-corrected chi connectivity index (χ1v) is 6.11. The molecule has 0 bridgehead atoms. The van der Waals surface area contributed by atoms with E-state index < -0.39 is 35.5 Å². The Kier molecular flexibility index (Phi) is 5.79. The fraction of sp³-hybridized carbons (Fsp3) is 0.357. The van der Waals surface area contributed by atoms with Gasteiger partial charge in [-0.3, -0.25) is 4.79 Å². The van der Waals surface area contributed by atoms with E-state index in [1.807, 2.05) is 6.07 Å². The Morgan fingerprint density at radius 3 is 2.57 bits per heavy atom. The summed E-state index contributed by atoms with van der Waals surface area (Å²) in [5, 5.41) is 11.0. The number of benzene rings is 1. The van der Waals surface area contributed by atoms with E-state index in [2.05, 4.69) is 10.1 Å². The van der Waals surface area contributed by atoms with Crippen LogP contribution < -0.4 is 5.32 Å². The molecule has 7 heteroatoms. The van der Waals surface area contributed by atoms with Crippen LogP contribution in [0.4, 0.5) is 8.78 Å². The molecule has 1 rings (SSSR count). The number of ether oxygens (including phenoxy) is 1. The smallest absolute Gasteiger partial charge is 0.328 e. The molecule has 1 aromatic carbocycles. The Balaban J connectivity index is 2.92. The van der Waals surface area contributed by atoms with Gasteiger partial charge in [-0.15, -0.1) is 0 Å². The zero-order valence-corrected chi connectivity index (χ0v) is 11.5. The molecule has 0 unspecified atom stereocenters. The molecular formula is C14H14F2N2O3. The van der Waals surface area contributed by atoms with Crippen molar-refractivity contribution in [2.75, 3.05) is 7.11 Å². The van der Waals surface area contributed by atoms with Crippen molar-refractivity contribution < 1.29 is 23.1 Å². The molecule has 1 aromatic rings. The zero-order valence-electron chi connectivity index (χ0n) is 11.5. The number of halogens is 2. The summed E-state index contributed by atoms with van der Waals surface area (Å²) in [5.41, 5.74) is -0.132. The van der Waals surface area contributed by atoms with Crippen molar-refractivity contribution in [3.8, 4) is 6.07 Å². The molecule has 0 aliphatic heterocycles. The summed E-state index contributed by atoms with van der Waals surface area (Å²) in [7, 11) is 1.15. The van der Waals surface area contributed by atoms with Gasteiger partial charge in [0, 0.05) is 17.9 Å². The van der Waals surface area contributed by atoms with Gasteiger partial charge < -0.3 is 10.1 Å². The van der Waals surface area contributed by atoms with E-state index in [0.29, 0.717) is 0 Å². The molecule has 0 aromatic heterocycles. The molecule has 0 fully saturated rings. The highest BCUT2D eigenvalue weighted by molar-refractivity contribution is 5.96. The highest BCUT2D eigenvalue weighted by Crippen LogP contribution is 2.12. The molecule has 112 valence electrons.